The number of hydrogen-bond donors (Lipinski definition) is 1. The molecule has 3 fully saturated rings. The van der Waals surface area contributed by atoms with E-state index in [1.165, 1.54) is 24.0 Å². The van der Waals surface area contributed by atoms with Gasteiger partial charge in [-0.15, -0.1) is 0 Å². The summed E-state index contributed by atoms with van der Waals surface area (Å²) in [6.45, 7) is 6.23. The van der Waals surface area contributed by atoms with Crippen LogP contribution in [-0.2, 0) is 0 Å². The van der Waals surface area contributed by atoms with Crippen LogP contribution in [0.4, 0.5) is 10.5 Å². The number of likely N-dealkylation sites (tertiary alicyclic amines) is 2. The number of rotatable bonds is 5. The van der Waals surface area contributed by atoms with E-state index in [1.807, 2.05) is 29.2 Å². The molecule has 1 aliphatic carbocycles. The summed E-state index contributed by atoms with van der Waals surface area (Å²) in [5.74, 6) is 0.894. The maximum atomic E-state index is 12.9. The summed E-state index contributed by atoms with van der Waals surface area (Å²) >= 11 is 0. The van der Waals surface area contributed by atoms with Crippen LogP contribution in [0.15, 0.2) is 48.5 Å². The van der Waals surface area contributed by atoms with Gasteiger partial charge in [0.2, 0.25) is 0 Å². The molecule has 5 heteroatoms. The highest BCUT2D eigenvalue weighted by atomic mass is 16.5. The van der Waals surface area contributed by atoms with Crippen LogP contribution in [-0.4, -0.2) is 47.1 Å². The minimum Gasteiger partial charge on any atom is -0.490 e. The van der Waals surface area contributed by atoms with Crippen molar-refractivity contribution >= 4 is 11.7 Å². The fraction of sp³-hybridized carbons (Fsp3) is 0.500. The normalized spacial score (nSPS) is 24.5. The highest BCUT2D eigenvalue weighted by Gasteiger charge is 2.46. The largest absolute Gasteiger partial charge is 0.490 e. The number of aryl methyl sites for hydroxylation is 1. The number of carbonyl (C=O) groups excluding carboxylic acids is 1. The third-order valence-corrected chi connectivity index (χ3v) is 7.39. The van der Waals surface area contributed by atoms with Gasteiger partial charge in [-0.3, -0.25) is 4.90 Å². The van der Waals surface area contributed by atoms with E-state index in [2.05, 4.69) is 48.3 Å². The smallest absolute Gasteiger partial charge is 0.322 e. The summed E-state index contributed by atoms with van der Waals surface area (Å²) in [5.41, 5.74) is 3.57. The Labute approximate surface area is 185 Å². The quantitative estimate of drug-likeness (QED) is 0.709. The molecule has 2 heterocycles. The van der Waals surface area contributed by atoms with Crippen molar-refractivity contribution in [3.8, 4) is 5.75 Å². The Hall–Kier alpha value is -2.53. The first-order chi connectivity index (χ1) is 15.1. The minimum absolute atomic E-state index is 0.0140. The summed E-state index contributed by atoms with van der Waals surface area (Å²) in [4.78, 5) is 17.5. The summed E-state index contributed by atoms with van der Waals surface area (Å²) < 4.78 is 6.03. The molecule has 1 N–H and O–H groups in total. The number of urea groups is 1. The van der Waals surface area contributed by atoms with E-state index in [4.69, 9.17) is 4.74 Å². The Bertz CT molecular complexity index is 923. The Morgan fingerprint density at radius 1 is 1.03 bits per heavy atom. The molecule has 2 amide bonds. The lowest BCUT2D eigenvalue weighted by molar-refractivity contribution is 0.115. The van der Waals surface area contributed by atoms with Crippen LogP contribution < -0.4 is 10.1 Å². The molecule has 1 saturated carbocycles. The average Bonchev–Trinajstić information content (AvgIpc) is 3.52. The van der Waals surface area contributed by atoms with Crippen molar-refractivity contribution in [2.45, 2.75) is 70.2 Å². The van der Waals surface area contributed by atoms with Gasteiger partial charge in [-0.05, 0) is 81.3 Å². The van der Waals surface area contributed by atoms with E-state index < -0.39 is 0 Å². The zero-order valence-corrected chi connectivity index (χ0v) is 18.6. The fourth-order valence-corrected chi connectivity index (χ4v) is 5.67. The molecule has 31 heavy (non-hydrogen) atoms. The Morgan fingerprint density at radius 2 is 1.77 bits per heavy atom. The summed E-state index contributed by atoms with van der Waals surface area (Å²) in [7, 11) is 0. The Morgan fingerprint density at radius 3 is 2.45 bits per heavy atom. The maximum absolute atomic E-state index is 12.9. The molecule has 0 spiro atoms. The van der Waals surface area contributed by atoms with Gasteiger partial charge in [0, 0.05) is 36.9 Å². The number of fused-ring (bicyclic) bond motifs is 2. The molecular weight excluding hydrogens is 386 g/mol. The third kappa shape index (κ3) is 4.16. The second-order valence-electron chi connectivity index (χ2n) is 9.40. The van der Waals surface area contributed by atoms with Crippen molar-refractivity contribution in [3.63, 3.8) is 0 Å². The lowest BCUT2D eigenvalue weighted by atomic mass is 10.0. The molecule has 2 saturated heterocycles. The van der Waals surface area contributed by atoms with Crippen LogP contribution in [0.5, 0.6) is 5.75 Å². The summed E-state index contributed by atoms with van der Waals surface area (Å²) in [6.07, 6.45) is 6.24. The van der Waals surface area contributed by atoms with Crippen molar-refractivity contribution < 1.29 is 9.53 Å². The number of ether oxygens (including phenoxy) is 1. The zero-order chi connectivity index (χ0) is 21.4. The molecule has 2 aromatic rings. The number of benzene rings is 2. The monoisotopic (exact) mass is 419 g/mol. The van der Waals surface area contributed by atoms with Crippen LogP contribution in [0.1, 0.15) is 56.2 Å². The molecule has 5 nitrogen and oxygen atoms in total. The number of piperazine rings is 1. The first-order valence-electron chi connectivity index (χ1n) is 11.7. The molecule has 3 atom stereocenters. The van der Waals surface area contributed by atoms with Gasteiger partial charge in [0.25, 0.3) is 0 Å². The van der Waals surface area contributed by atoms with Crippen LogP contribution in [0, 0.1) is 6.92 Å². The zero-order valence-electron chi connectivity index (χ0n) is 18.6. The highest BCUT2D eigenvalue weighted by Crippen LogP contribution is 2.37. The van der Waals surface area contributed by atoms with Gasteiger partial charge in [-0.2, -0.15) is 0 Å². The summed E-state index contributed by atoms with van der Waals surface area (Å²) in [5, 5.41) is 3.09. The van der Waals surface area contributed by atoms with Gasteiger partial charge in [0.05, 0.1) is 6.10 Å². The summed E-state index contributed by atoms with van der Waals surface area (Å²) in [6, 6.07) is 17.6. The predicted molar refractivity (Wildman–Crippen MR) is 124 cm³/mol. The molecule has 2 aliphatic heterocycles. The molecule has 3 unspecified atom stereocenters. The first-order valence-corrected chi connectivity index (χ1v) is 11.7. The Kier molecular flexibility index (Phi) is 5.61. The Balaban J connectivity index is 1.16. The van der Waals surface area contributed by atoms with Crippen molar-refractivity contribution in [3.05, 3.63) is 59.7 Å². The van der Waals surface area contributed by atoms with E-state index in [0.717, 1.165) is 43.8 Å². The van der Waals surface area contributed by atoms with Crippen molar-refractivity contribution in [2.75, 3.05) is 18.4 Å². The molecule has 2 aromatic carbocycles. The van der Waals surface area contributed by atoms with Crippen molar-refractivity contribution in [1.82, 2.24) is 9.80 Å². The van der Waals surface area contributed by atoms with Crippen molar-refractivity contribution in [2.24, 2.45) is 0 Å². The second-order valence-corrected chi connectivity index (χ2v) is 9.40. The van der Waals surface area contributed by atoms with Crippen LogP contribution in [0.25, 0.3) is 0 Å². The van der Waals surface area contributed by atoms with E-state index >= 15 is 0 Å². The predicted octanol–water partition coefficient (Wildman–Crippen LogP) is 5.37. The average molecular weight is 420 g/mol. The lowest BCUT2D eigenvalue weighted by Gasteiger charge is -2.38. The van der Waals surface area contributed by atoms with Gasteiger partial charge in [-0.1, -0.05) is 24.3 Å². The number of amides is 2. The standard InChI is InChI=1S/C26H33N3O2/c1-18-7-3-6-10-25(18)19(2)28-16-22-15-21(28)17-29(22)26(30)27-20-11-13-24(14-12-20)31-23-8-4-5-9-23/h3,6-7,10-14,19,21-23H,4-5,8-9,15-17H2,1-2H3,(H,27,30). The van der Waals surface area contributed by atoms with E-state index in [-0.39, 0.29) is 6.03 Å². The molecule has 2 bridgehead atoms. The van der Waals surface area contributed by atoms with E-state index in [1.54, 1.807) is 0 Å². The topological polar surface area (TPSA) is 44.8 Å². The molecule has 3 aliphatic rings. The second kappa shape index (κ2) is 8.54. The van der Waals surface area contributed by atoms with E-state index in [0.29, 0.717) is 24.2 Å². The number of hydrogen-bond acceptors (Lipinski definition) is 3. The number of nitrogens with zero attached hydrogens (tertiary/aromatic N) is 2. The van der Waals surface area contributed by atoms with Crippen molar-refractivity contribution in [1.29, 1.82) is 0 Å². The first kappa shape index (κ1) is 20.4. The molecule has 0 aromatic heterocycles. The number of carbonyl (C=O) groups is 1. The van der Waals surface area contributed by atoms with E-state index in [9.17, 15) is 4.79 Å². The van der Waals surface area contributed by atoms with Crippen LogP contribution >= 0.6 is 0 Å². The number of nitrogens with one attached hydrogen (secondary N) is 1. The van der Waals surface area contributed by atoms with Crippen LogP contribution in [0.2, 0.25) is 0 Å². The van der Waals surface area contributed by atoms with Gasteiger partial charge in [-0.25, -0.2) is 4.79 Å². The molecule has 0 radical (unpaired) electrons. The highest BCUT2D eigenvalue weighted by molar-refractivity contribution is 5.90. The SMILES string of the molecule is Cc1ccccc1C(C)N1CC2CC1CN2C(=O)Nc1ccc(OC2CCCC2)cc1. The van der Waals surface area contributed by atoms with Gasteiger partial charge >= 0.3 is 6.03 Å². The molecule has 5 rings (SSSR count). The minimum atomic E-state index is 0.0140. The van der Waals surface area contributed by atoms with Crippen LogP contribution in [0.3, 0.4) is 0 Å². The number of anilines is 1. The van der Waals surface area contributed by atoms with Gasteiger partial charge in [0.15, 0.2) is 0 Å². The molecule has 164 valence electrons. The maximum Gasteiger partial charge on any atom is 0.322 e. The van der Waals surface area contributed by atoms with Gasteiger partial charge < -0.3 is 15.0 Å². The fourth-order valence-electron chi connectivity index (χ4n) is 5.67. The third-order valence-electron chi connectivity index (χ3n) is 7.39. The lowest BCUT2D eigenvalue weighted by Crippen LogP contribution is -2.50. The molecular formula is C26H33N3O2. The van der Waals surface area contributed by atoms with Gasteiger partial charge in [0.1, 0.15) is 5.75 Å².